The average Bonchev–Trinajstić information content (AvgIpc) is 3.61. The number of nitrogens with one attached hydrogen (secondary N) is 1. The fourth-order valence-corrected chi connectivity index (χ4v) is 5.99. The van der Waals surface area contributed by atoms with Gasteiger partial charge in [-0.3, -0.25) is 0 Å². The molecule has 11 nitrogen and oxygen atoms in total. The predicted octanol–water partition coefficient (Wildman–Crippen LogP) is 5.87. The zero-order chi connectivity index (χ0) is 35.0. The molecule has 254 valence electrons. The van der Waals surface area contributed by atoms with E-state index in [1.807, 2.05) is 19.0 Å². The maximum atomic E-state index is 15.1. The standard InChI is InChI=1S/C32H32F4N6O5S/c1-18(2)48(44,45)42-23-16-21(17-25(28(23)40-31(42)37)47-30(43)32(34,35)36)27-26(19-9-6-5-7-10-19)38-29(39-27)20-11-12-24(22(33)15-20)46-14-8-13-41(3)4/h5-7,9-12,15-18H,8,13-14H2,1-4H3,(H2,37,40)(H,38,39). The van der Waals surface area contributed by atoms with E-state index < -0.39 is 50.5 Å². The van der Waals surface area contributed by atoms with Crippen molar-refractivity contribution in [3.05, 3.63) is 66.5 Å². The molecule has 5 rings (SSSR count). The van der Waals surface area contributed by atoms with Crippen LogP contribution >= 0.6 is 0 Å². The van der Waals surface area contributed by atoms with Gasteiger partial charge in [0.15, 0.2) is 17.3 Å². The molecule has 5 aromatic rings. The number of hydrogen-bond acceptors (Lipinski definition) is 9. The van der Waals surface area contributed by atoms with Crippen molar-refractivity contribution in [1.29, 1.82) is 0 Å². The first-order chi connectivity index (χ1) is 22.6. The van der Waals surface area contributed by atoms with Crippen LogP contribution in [0.4, 0.5) is 23.5 Å². The highest BCUT2D eigenvalue weighted by molar-refractivity contribution is 7.90. The number of aromatic nitrogens is 4. The third-order valence-corrected chi connectivity index (χ3v) is 9.33. The van der Waals surface area contributed by atoms with Crippen LogP contribution in [-0.2, 0) is 14.8 Å². The number of nitrogen functional groups attached to an aromatic ring is 1. The van der Waals surface area contributed by atoms with Gasteiger partial charge in [-0.15, -0.1) is 0 Å². The summed E-state index contributed by atoms with van der Waals surface area (Å²) >= 11 is 0. The Kier molecular flexibility index (Phi) is 9.51. The molecule has 0 saturated heterocycles. The number of benzene rings is 3. The summed E-state index contributed by atoms with van der Waals surface area (Å²) in [5.74, 6) is -4.21. The van der Waals surface area contributed by atoms with Crippen LogP contribution in [-0.4, -0.2) is 76.9 Å². The zero-order valence-electron chi connectivity index (χ0n) is 26.3. The molecule has 0 saturated carbocycles. The minimum atomic E-state index is -5.37. The number of nitrogens with zero attached hydrogens (tertiary/aromatic N) is 4. The van der Waals surface area contributed by atoms with Crippen LogP contribution in [0, 0.1) is 5.82 Å². The summed E-state index contributed by atoms with van der Waals surface area (Å²) in [4.78, 5) is 25.7. The Morgan fingerprint density at radius 2 is 1.71 bits per heavy atom. The molecule has 2 aromatic heterocycles. The molecule has 3 aromatic carbocycles. The minimum Gasteiger partial charge on any atom is -0.490 e. The molecule has 0 aliphatic rings. The second kappa shape index (κ2) is 13.3. The molecule has 2 heterocycles. The number of imidazole rings is 2. The monoisotopic (exact) mass is 688 g/mol. The fourth-order valence-electron chi connectivity index (χ4n) is 4.85. The Balaban J connectivity index is 1.69. The van der Waals surface area contributed by atoms with Crippen molar-refractivity contribution in [3.63, 3.8) is 0 Å². The van der Waals surface area contributed by atoms with Gasteiger partial charge in [-0.25, -0.2) is 31.5 Å². The largest absolute Gasteiger partial charge is 0.491 e. The lowest BCUT2D eigenvalue weighted by Crippen LogP contribution is -2.28. The van der Waals surface area contributed by atoms with Crippen LogP contribution in [0.15, 0.2) is 60.7 Å². The minimum absolute atomic E-state index is 0.0476. The van der Waals surface area contributed by atoms with Gasteiger partial charge >= 0.3 is 12.1 Å². The summed E-state index contributed by atoms with van der Waals surface area (Å²) in [5, 5.41) is -1.01. The topological polar surface area (TPSA) is 145 Å². The third kappa shape index (κ3) is 6.99. The van der Waals surface area contributed by atoms with Gasteiger partial charge in [0.1, 0.15) is 11.3 Å². The summed E-state index contributed by atoms with van der Waals surface area (Å²) < 4.78 is 92.7. The lowest BCUT2D eigenvalue weighted by molar-refractivity contribution is -0.189. The van der Waals surface area contributed by atoms with Gasteiger partial charge in [-0.2, -0.15) is 13.2 Å². The number of esters is 1. The first-order valence-electron chi connectivity index (χ1n) is 14.7. The lowest BCUT2D eigenvalue weighted by atomic mass is 10.0. The van der Waals surface area contributed by atoms with Gasteiger partial charge in [0.2, 0.25) is 16.0 Å². The lowest BCUT2D eigenvalue weighted by Gasteiger charge is -2.13. The van der Waals surface area contributed by atoms with Gasteiger partial charge in [-0.05, 0) is 64.7 Å². The molecular formula is C32H32F4N6O5S. The fraction of sp³-hybridized carbons (Fsp3) is 0.281. The van der Waals surface area contributed by atoms with Gasteiger partial charge in [0.05, 0.1) is 28.8 Å². The number of carbonyl (C=O) groups is 1. The van der Waals surface area contributed by atoms with Crippen molar-refractivity contribution in [2.75, 3.05) is 33.0 Å². The van der Waals surface area contributed by atoms with E-state index in [1.54, 1.807) is 36.4 Å². The Bertz CT molecular complexity index is 2080. The predicted molar refractivity (Wildman–Crippen MR) is 172 cm³/mol. The van der Waals surface area contributed by atoms with Gasteiger partial charge in [0.25, 0.3) is 0 Å². The van der Waals surface area contributed by atoms with E-state index in [9.17, 15) is 26.4 Å². The molecule has 0 radical (unpaired) electrons. The van der Waals surface area contributed by atoms with Gasteiger partial charge in [0, 0.05) is 23.2 Å². The van der Waals surface area contributed by atoms with E-state index in [2.05, 4.69) is 15.0 Å². The molecule has 0 aliphatic carbocycles. The number of anilines is 1. The number of fused-ring (bicyclic) bond motifs is 1. The normalized spacial score (nSPS) is 12.3. The third-order valence-electron chi connectivity index (χ3n) is 7.24. The molecule has 3 N–H and O–H groups in total. The number of halogens is 4. The molecule has 48 heavy (non-hydrogen) atoms. The second-order valence-corrected chi connectivity index (χ2v) is 13.7. The molecule has 0 fully saturated rings. The van der Waals surface area contributed by atoms with Crippen LogP contribution < -0.4 is 15.2 Å². The molecule has 0 spiro atoms. The smallest absolute Gasteiger partial charge is 0.490 e. The highest BCUT2D eigenvalue weighted by Gasteiger charge is 2.42. The SMILES string of the molecule is CC(C)S(=O)(=O)n1c(N)nc2c(OC(=O)C(F)(F)F)cc(-c3nc(-c4ccc(OCCCN(C)C)c(F)c4)[nH]c3-c3ccccc3)cc21. The van der Waals surface area contributed by atoms with E-state index >= 15 is 4.39 Å². The Hall–Kier alpha value is -4.96. The molecule has 0 aliphatic heterocycles. The van der Waals surface area contributed by atoms with E-state index in [4.69, 9.17) is 15.2 Å². The van der Waals surface area contributed by atoms with E-state index in [0.29, 0.717) is 33.8 Å². The molecule has 16 heteroatoms. The quantitative estimate of drug-likeness (QED) is 0.0754. The number of rotatable bonds is 11. The number of alkyl halides is 3. The van der Waals surface area contributed by atoms with E-state index in [-0.39, 0.29) is 28.3 Å². The highest BCUT2D eigenvalue weighted by atomic mass is 32.2. The van der Waals surface area contributed by atoms with Gasteiger partial charge < -0.3 is 25.1 Å². The van der Waals surface area contributed by atoms with Crippen molar-refractivity contribution in [3.8, 4) is 45.4 Å². The molecule has 0 unspecified atom stereocenters. The molecule has 0 atom stereocenters. The number of H-pyrrole nitrogens is 1. The van der Waals surface area contributed by atoms with Crippen molar-refractivity contribution in [1.82, 2.24) is 23.8 Å². The number of hydrogen-bond donors (Lipinski definition) is 2. The van der Waals surface area contributed by atoms with Crippen molar-refractivity contribution in [2.24, 2.45) is 0 Å². The van der Waals surface area contributed by atoms with Crippen LogP contribution in [0.3, 0.4) is 0 Å². The number of aromatic amines is 1. The summed E-state index contributed by atoms with van der Waals surface area (Å²) in [6.07, 6.45) is -4.69. The van der Waals surface area contributed by atoms with Gasteiger partial charge in [-0.1, -0.05) is 30.3 Å². The first-order valence-corrected chi connectivity index (χ1v) is 16.2. The first kappa shape index (κ1) is 34.4. The molecule has 0 amide bonds. The maximum absolute atomic E-state index is 15.1. The average molecular weight is 689 g/mol. The van der Waals surface area contributed by atoms with Crippen molar-refractivity contribution < 1.29 is 40.2 Å². The Labute approximate surface area is 273 Å². The molecular weight excluding hydrogens is 656 g/mol. The summed E-state index contributed by atoms with van der Waals surface area (Å²) in [5.41, 5.74) is 6.77. The Morgan fingerprint density at radius 1 is 1.00 bits per heavy atom. The number of carbonyl (C=O) groups excluding carboxylic acids is 1. The van der Waals surface area contributed by atoms with E-state index in [1.165, 1.54) is 32.0 Å². The number of nitrogens with two attached hydrogens (primary N) is 1. The highest BCUT2D eigenvalue weighted by Crippen LogP contribution is 2.40. The molecule has 0 bridgehead atoms. The summed E-state index contributed by atoms with van der Waals surface area (Å²) in [6.45, 7) is 3.84. The van der Waals surface area contributed by atoms with Crippen molar-refractivity contribution in [2.45, 2.75) is 31.7 Å². The zero-order valence-corrected chi connectivity index (χ0v) is 27.1. The van der Waals surface area contributed by atoms with Crippen molar-refractivity contribution >= 4 is 33.0 Å². The second-order valence-electron chi connectivity index (χ2n) is 11.4. The van der Waals surface area contributed by atoms with Crippen LogP contribution in [0.5, 0.6) is 11.5 Å². The number of ether oxygens (including phenoxy) is 2. The van der Waals surface area contributed by atoms with E-state index in [0.717, 1.165) is 12.6 Å². The maximum Gasteiger partial charge on any atom is 0.491 e. The van der Waals surface area contributed by atoms with Crippen LogP contribution in [0.25, 0.3) is 44.9 Å². The van der Waals surface area contributed by atoms with Crippen LogP contribution in [0.1, 0.15) is 20.3 Å². The Morgan fingerprint density at radius 3 is 2.33 bits per heavy atom. The summed E-state index contributed by atoms with van der Waals surface area (Å²) in [6, 6.07) is 15.4. The van der Waals surface area contributed by atoms with Crippen LogP contribution in [0.2, 0.25) is 0 Å². The summed E-state index contributed by atoms with van der Waals surface area (Å²) in [7, 11) is -0.365.